The molecule has 2 bridgehead atoms. The fourth-order valence-electron chi connectivity index (χ4n) is 6.79. The number of benzene rings is 3. The quantitative estimate of drug-likeness (QED) is 0.355. The molecule has 0 spiro atoms. The number of amides is 2. The zero-order valence-electron chi connectivity index (χ0n) is 21.5. The summed E-state index contributed by atoms with van der Waals surface area (Å²) >= 11 is 1.29. The van der Waals surface area contributed by atoms with Crippen LogP contribution in [0.1, 0.15) is 25.3 Å². The van der Waals surface area contributed by atoms with Gasteiger partial charge in [-0.3, -0.25) is 9.59 Å². The minimum atomic E-state index is -1.18. The first kappa shape index (κ1) is 24.8. The number of imide groups is 1. The molecule has 5 atom stereocenters. The smallest absolute Gasteiger partial charge is 0.240 e. The molecule has 40 heavy (non-hydrogen) atoms. The lowest BCUT2D eigenvalue weighted by atomic mass is 9.66. The summed E-state index contributed by atoms with van der Waals surface area (Å²) in [6, 6.07) is 20.2. The second-order valence-electron chi connectivity index (χ2n) is 10.7. The first-order chi connectivity index (χ1) is 19.4. The van der Waals surface area contributed by atoms with Gasteiger partial charge >= 0.3 is 0 Å². The summed E-state index contributed by atoms with van der Waals surface area (Å²) < 4.78 is 16.3. The van der Waals surface area contributed by atoms with Crippen molar-refractivity contribution >= 4 is 39.8 Å². The highest BCUT2D eigenvalue weighted by molar-refractivity contribution is 7.03. The third-order valence-corrected chi connectivity index (χ3v) is 9.19. The fourth-order valence-corrected chi connectivity index (χ4v) is 7.26. The van der Waals surface area contributed by atoms with Crippen LogP contribution in [0.4, 0.5) is 5.69 Å². The van der Waals surface area contributed by atoms with E-state index in [9.17, 15) is 20.0 Å². The number of aromatic nitrogens is 2. The van der Waals surface area contributed by atoms with Gasteiger partial charge in [-0.05, 0) is 54.9 Å². The lowest BCUT2D eigenvalue weighted by Crippen LogP contribution is -2.49. The summed E-state index contributed by atoms with van der Waals surface area (Å²) in [6.45, 7) is 1.97. The second kappa shape index (κ2) is 8.93. The standard InChI is InChI=1S/C30H24N4O5S/c1-29-24(35)14-30(39-29,12-13-38-19-9-6-17(7-10-19)22-16-40-33-32-22)26-25(29)27(36)34(28(26)37)23-11-8-18(15-31)20-4-2-3-5-21(20)23/h2-11,16,24-26,35H,12-14H2,1H3/t24-,25-,26+,29?,30?/m1/s1. The number of carbonyl (C=O) groups is 2. The SMILES string of the molecule is CC12OC(CCOc3ccc(-c4csnn4)cc3)(C[C@H]1O)[C@@H]1C(=O)N(c3ccc(C#N)c4ccccc34)C(=O)[C@@H]12. The summed E-state index contributed by atoms with van der Waals surface area (Å²) in [5.41, 5.74) is 0.422. The van der Waals surface area contributed by atoms with Crippen molar-refractivity contribution in [3.05, 3.63) is 71.6 Å². The van der Waals surface area contributed by atoms with E-state index in [4.69, 9.17) is 9.47 Å². The number of nitriles is 1. The van der Waals surface area contributed by atoms with Gasteiger partial charge in [-0.25, -0.2) is 4.90 Å². The minimum Gasteiger partial charge on any atom is -0.493 e. The number of rotatable bonds is 6. The predicted octanol–water partition coefficient (Wildman–Crippen LogP) is 4.10. The van der Waals surface area contributed by atoms with Gasteiger partial charge in [0.25, 0.3) is 0 Å². The van der Waals surface area contributed by atoms with Crippen molar-refractivity contribution in [2.45, 2.75) is 37.1 Å². The topological polar surface area (TPSA) is 126 Å². The van der Waals surface area contributed by atoms with E-state index in [0.29, 0.717) is 34.2 Å². The Hall–Kier alpha value is -4.17. The molecule has 4 aromatic rings. The van der Waals surface area contributed by atoms with Gasteiger partial charge in [0.15, 0.2) is 0 Å². The maximum atomic E-state index is 14.1. The largest absolute Gasteiger partial charge is 0.493 e. The molecule has 3 aromatic carbocycles. The van der Waals surface area contributed by atoms with E-state index in [0.717, 1.165) is 11.3 Å². The number of anilines is 1. The maximum Gasteiger partial charge on any atom is 0.240 e. The van der Waals surface area contributed by atoms with Crippen LogP contribution < -0.4 is 9.64 Å². The molecule has 200 valence electrons. The van der Waals surface area contributed by atoms with Crippen LogP contribution in [0, 0.1) is 23.2 Å². The van der Waals surface area contributed by atoms with Crippen molar-refractivity contribution in [3.63, 3.8) is 0 Å². The van der Waals surface area contributed by atoms with E-state index in [1.807, 2.05) is 47.8 Å². The lowest BCUT2D eigenvalue weighted by molar-refractivity contribution is -0.134. The average Bonchev–Trinajstić information content (AvgIpc) is 3.70. The van der Waals surface area contributed by atoms with Crippen LogP contribution in [0.3, 0.4) is 0 Å². The number of ether oxygens (including phenoxy) is 2. The number of hydrogen-bond acceptors (Lipinski definition) is 9. The molecule has 3 aliphatic rings. The number of carbonyl (C=O) groups excluding carboxylic acids is 2. The minimum absolute atomic E-state index is 0.241. The summed E-state index contributed by atoms with van der Waals surface area (Å²) in [5, 5.41) is 27.9. The first-order valence-electron chi connectivity index (χ1n) is 13.0. The Balaban J connectivity index is 1.17. The van der Waals surface area contributed by atoms with Crippen LogP contribution in [0.15, 0.2) is 66.0 Å². The molecule has 2 amide bonds. The Morgan fingerprint density at radius 2 is 1.85 bits per heavy atom. The van der Waals surface area contributed by atoms with Gasteiger partial charge in [0.05, 0.1) is 47.5 Å². The zero-order chi connectivity index (χ0) is 27.6. The summed E-state index contributed by atoms with van der Waals surface area (Å²) in [5.74, 6) is -1.64. The molecule has 1 aromatic heterocycles. The molecule has 0 radical (unpaired) electrons. The molecule has 3 fully saturated rings. The Kier molecular flexibility index (Phi) is 5.54. The van der Waals surface area contributed by atoms with Crippen LogP contribution in [-0.2, 0) is 14.3 Å². The van der Waals surface area contributed by atoms with Gasteiger partial charge in [0, 0.05) is 34.6 Å². The van der Waals surface area contributed by atoms with Crippen LogP contribution in [0.25, 0.3) is 22.0 Å². The maximum absolute atomic E-state index is 14.1. The third kappa shape index (κ3) is 3.45. The van der Waals surface area contributed by atoms with Gasteiger partial charge in [-0.2, -0.15) is 5.26 Å². The van der Waals surface area contributed by atoms with Gasteiger partial charge < -0.3 is 14.6 Å². The molecule has 9 nitrogen and oxygen atoms in total. The lowest BCUT2D eigenvalue weighted by Gasteiger charge is -2.33. The first-order valence-corrected chi connectivity index (χ1v) is 13.9. The van der Waals surface area contributed by atoms with Gasteiger partial charge in [0.2, 0.25) is 11.8 Å². The number of fused-ring (bicyclic) bond motifs is 6. The van der Waals surface area contributed by atoms with Crippen molar-refractivity contribution in [1.29, 1.82) is 5.26 Å². The zero-order valence-corrected chi connectivity index (χ0v) is 22.3. The van der Waals surface area contributed by atoms with Crippen LogP contribution in [-0.4, -0.2) is 50.4 Å². The molecular weight excluding hydrogens is 528 g/mol. The van der Waals surface area contributed by atoms with Gasteiger partial charge in [-0.15, -0.1) is 5.10 Å². The van der Waals surface area contributed by atoms with E-state index in [-0.39, 0.29) is 24.8 Å². The highest BCUT2D eigenvalue weighted by Gasteiger charge is 2.77. The molecule has 10 heteroatoms. The van der Waals surface area contributed by atoms with Crippen molar-refractivity contribution in [3.8, 4) is 23.1 Å². The summed E-state index contributed by atoms with van der Waals surface area (Å²) in [7, 11) is 0. The average molecular weight is 553 g/mol. The number of aliphatic hydroxyl groups is 1. The Morgan fingerprint density at radius 3 is 2.58 bits per heavy atom. The van der Waals surface area contributed by atoms with Gasteiger partial charge in [0.1, 0.15) is 17.0 Å². The van der Waals surface area contributed by atoms with Crippen molar-refractivity contribution in [1.82, 2.24) is 9.59 Å². The van der Waals surface area contributed by atoms with Crippen molar-refractivity contribution < 1.29 is 24.2 Å². The highest BCUT2D eigenvalue weighted by Crippen LogP contribution is 2.62. The molecule has 0 saturated carbocycles. The molecule has 0 aliphatic carbocycles. The summed E-state index contributed by atoms with van der Waals surface area (Å²) in [6.07, 6.45) is -0.321. The van der Waals surface area contributed by atoms with Crippen LogP contribution in [0.5, 0.6) is 5.75 Å². The molecular formula is C30H24N4O5S. The Labute approximate surface area is 233 Å². The second-order valence-corrected chi connectivity index (χ2v) is 11.4. The van der Waals surface area contributed by atoms with Crippen molar-refractivity contribution in [2.75, 3.05) is 11.5 Å². The number of aliphatic hydroxyl groups excluding tert-OH is 1. The summed E-state index contributed by atoms with van der Waals surface area (Å²) in [4.78, 5) is 29.2. The fraction of sp³-hybridized carbons (Fsp3) is 0.300. The third-order valence-electron chi connectivity index (χ3n) is 8.68. The van der Waals surface area contributed by atoms with E-state index in [1.165, 1.54) is 16.4 Å². The molecule has 3 saturated heterocycles. The normalized spacial score (nSPS) is 28.7. The highest BCUT2D eigenvalue weighted by atomic mass is 32.1. The Morgan fingerprint density at radius 1 is 1.10 bits per heavy atom. The van der Waals surface area contributed by atoms with Crippen LogP contribution in [0.2, 0.25) is 0 Å². The van der Waals surface area contributed by atoms with E-state index in [2.05, 4.69) is 15.7 Å². The predicted molar refractivity (Wildman–Crippen MR) is 146 cm³/mol. The van der Waals surface area contributed by atoms with Crippen molar-refractivity contribution in [2.24, 2.45) is 11.8 Å². The molecule has 2 unspecified atom stereocenters. The van der Waals surface area contributed by atoms with E-state index < -0.39 is 29.1 Å². The Bertz CT molecular complexity index is 1700. The van der Waals surface area contributed by atoms with Gasteiger partial charge in [-0.1, -0.05) is 28.8 Å². The van der Waals surface area contributed by atoms with E-state index >= 15 is 0 Å². The molecule has 3 aliphatic heterocycles. The molecule has 1 N–H and O–H groups in total. The monoisotopic (exact) mass is 552 g/mol. The van der Waals surface area contributed by atoms with E-state index in [1.54, 1.807) is 25.1 Å². The number of nitrogens with zero attached hydrogens (tertiary/aromatic N) is 4. The number of hydrogen-bond donors (Lipinski definition) is 1. The molecule has 7 rings (SSSR count). The van der Waals surface area contributed by atoms with Crippen LogP contribution >= 0.6 is 11.5 Å². The molecule has 4 heterocycles.